The lowest BCUT2D eigenvalue weighted by atomic mass is 10.3. The molecular weight excluding hydrogens is 273 g/mol. The van der Waals surface area contributed by atoms with Crippen molar-refractivity contribution in [2.45, 2.75) is 12.4 Å². The van der Waals surface area contributed by atoms with Crippen LogP contribution in [0, 0.1) is 5.82 Å². The highest BCUT2D eigenvalue weighted by Gasteiger charge is 2.11. The van der Waals surface area contributed by atoms with Crippen molar-refractivity contribution < 1.29 is 4.39 Å². The molecule has 0 fully saturated rings. The van der Waals surface area contributed by atoms with Crippen molar-refractivity contribution in [3.8, 4) is 0 Å². The van der Waals surface area contributed by atoms with Gasteiger partial charge in [0.05, 0.1) is 29.0 Å². The van der Waals surface area contributed by atoms with Crippen LogP contribution in [0.1, 0.15) is 10.7 Å². The highest BCUT2D eigenvalue weighted by atomic mass is 35.5. The Morgan fingerprint density at radius 1 is 1.39 bits per heavy atom. The molecule has 3 nitrogen and oxygen atoms in total. The number of halogens is 2. The number of hydrogen-bond acceptors (Lipinski definition) is 3. The summed E-state index contributed by atoms with van der Waals surface area (Å²) >= 11 is 7.45. The monoisotopic (exact) mass is 281 g/mol. The zero-order chi connectivity index (χ0) is 12.5. The number of nitrogens with zero attached hydrogens (tertiary/aromatic N) is 3. The van der Waals surface area contributed by atoms with Crippen LogP contribution in [-0.2, 0) is 12.4 Å². The van der Waals surface area contributed by atoms with Gasteiger partial charge in [-0.15, -0.1) is 22.9 Å². The first-order valence-corrected chi connectivity index (χ1v) is 6.77. The minimum absolute atomic E-state index is 0.269. The van der Waals surface area contributed by atoms with Crippen molar-refractivity contribution >= 4 is 34.0 Å². The summed E-state index contributed by atoms with van der Waals surface area (Å²) in [5.74, 6) is 0.773. The Morgan fingerprint density at radius 2 is 2.28 bits per heavy atom. The molecule has 0 saturated carbocycles. The molecule has 6 heteroatoms. The van der Waals surface area contributed by atoms with Crippen LogP contribution in [0.5, 0.6) is 0 Å². The minimum Gasteiger partial charge on any atom is -0.322 e. The maximum Gasteiger partial charge on any atom is 0.125 e. The second kappa shape index (κ2) is 4.66. The van der Waals surface area contributed by atoms with Crippen LogP contribution in [0.4, 0.5) is 4.39 Å². The van der Waals surface area contributed by atoms with E-state index in [0.29, 0.717) is 12.4 Å². The Balaban J connectivity index is 2.15. The number of alkyl halides is 1. The van der Waals surface area contributed by atoms with E-state index in [1.165, 1.54) is 12.1 Å². The van der Waals surface area contributed by atoms with Crippen molar-refractivity contribution in [1.82, 2.24) is 14.5 Å². The lowest BCUT2D eigenvalue weighted by Crippen LogP contribution is -2.02. The van der Waals surface area contributed by atoms with Gasteiger partial charge in [-0.3, -0.25) is 4.98 Å². The van der Waals surface area contributed by atoms with E-state index in [1.807, 2.05) is 4.57 Å². The predicted octanol–water partition coefficient (Wildman–Crippen LogP) is 3.42. The topological polar surface area (TPSA) is 30.7 Å². The molecule has 0 unspecified atom stereocenters. The van der Waals surface area contributed by atoms with E-state index in [1.54, 1.807) is 29.1 Å². The van der Waals surface area contributed by atoms with Crippen LogP contribution in [0.3, 0.4) is 0 Å². The molecule has 0 radical (unpaired) electrons. The van der Waals surface area contributed by atoms with E-state index in [2.05, 4.69) is 9.97 Å². The van der Waals surface area contributed by atoms with Gasteiger partial charge in [0.15, 0.2) is 0 Å². The Morgan fingerprint density at radius 3 is 3.00 bits per heavy atom. The van der Waals surface area contributed by atoms with E-state index >= 15 is 0 Å². The molecule has 0 atom stereocenters. The molecule has 2 aromatic heterocycles. The van der Waals surface area contributed by atoms with Gasteiger partial charge in [0.25, 0.3) is 0 Å². The van der Waals surface area contributed by atoms with E-state index in [0.717, 1.165) is 21.7 Å². The van der Waals surface area contributed by atoms with E-state index < -0.39 is 0 Å². The summed E-state index contributed by atoms with van der Waals surface area (Å²) in [5, 5.41) is 0. The zero-order valence-electron chi connectivity index (χ0n) is 9.31. The number of rotatable bonds is 3. The van der Waals surface area contributed by atoms with E-state index in [4.69, 9.17) is 11.6 Å². The number of hydrogen-bond donors (Lipinski definition) is 0. The zero-order valence-corrected chi connectivity index (χ0v) is 10.9. The van der Waals surface area contributed by atoms with Gasteiger partial charge in [0.1, 0.15) is 11.6 Å². The molecule has 1 aromatic carbocycles. The molecule has 0 aliphatic carbocycles. The second-order valence-corrected chi connectivity index (χ2v) is 5.09. The summed E-state index contributed by atoms with van der Waals surface area (Å²) in [6, 6.07) is 4.56. The summed E-state index contributed by atoms with van der Waals surface area (Å²) in [4.78, 5) is 9.52. The summed E-state index contributed by atoms with van der Waals surface area (Å²) in [6.07, 6.45) is 1.80. The molecule has 3 aromatic rings. The molecule has 92 valence electrons. The van der Waals surface area contributed by atoms with Crippen molar-refractivity contribution in [2.75, 3.05) is 0 Å². The van der Waals surface area contributed by atoms with Gasteiger partial charge in [0.2, 0.25) is 0 Å². The third kappa shape index (κ3) is 2.00. The summed E-state index contributed by atoms with van der Waals surface area (Å²) in [6.45, 7) is 0.618. The predicted molar refractivity (Wildman–Crippen MR) is 70.5 cm³/mol. The van der Waals surface area contributed by atoms with Gasteiger partial charge in [-0.2, -0.15) is 0 Å². The first kappa shape index (κ1) is 11.6. The van der Waals surface area contributed by atoms with Crippen molar-refractivity contribution in [1.29, 1.82) is 0 Å². The number of aromatic nitrogens is 3. The fraction of sp³-hybridized carbons (Fsp3) is 0.167. The largest absolute Gasteiger partial charge is 0.322 e. The third-order valence-corrected chi connectivity index (χ3v) is 3.71. The highest BCUT2D eigenvalue weighted by molar-refractivity contribution is 7.09. The smallest absolute Gasteiger partial charge is 0.125 e. The number of benzene rings is 1. The fourth-order valence-corrected chi connectivity index (χ4v) is 2.69. The summed E-state index contributed by atoms with van der Waals surface area (Å²) in [7, 11) is 0. The molecular formula is C12H9ClFN3S. The Labute approximate surface area is 112 Å². The lowest BCUT2D eigenvalue weighted by molar-refractivity contribution is 0.628. The van der Waals surface area contributed by atoms with Crippen LogP contribution in [0.2, 0.25) is 0 Å². The number of thiazole rings is 1. The van der Waals surface area contributed by atoms with E-state index in [9.17, 15) is 4.39 Å². The minimum atomic E-state index is -0.269. The molecule has 0 aliphatic heterocycles. The molecule has 0 spiro atoms. The number of imidazole rings is 1. The summed E-state index contributed by atoms with van der Waals surface area (Å²) in [5.41, 5.74) is 3.30. The molecule has 0 bridgehead atoms. The van der Waals surface area contributed by atoms with Crippen molar-refractivity contribution in [2.24, 2.45) is 0 Å². The molecule has 2 heterocycles. The normalized spacial score (nSPS) is 11.2. The molecule has 0 saturated heterocycles. The Hall–Kier alpha value is -1.46. The van der Waals surface area contributed by atoms with Crippen molar-refractivity contribution in [3.05, 3.63) is 46.4 Å². The Bertz CT molecular complexity index is 678. The second-order valence-electron chi connectivity index (χ2n) is 3.85. The average Bonchev–Trinajstić information content (AvgIpc) is 2.98. The van der Waals surface area contributed by atoms with Gasteiger partial charge in [-0.05, 0) is 18.2 Å². The quantitative estimate of drug-likeness (QED) is 0.689. The Kier molecular flexibility index (Phi) is 3.01. The fourth-order valence-electron chi connectivity index (χ4n) is 1.90. The van der Waals surface area contributed by atoms with Crippen LogP contribution in [0.25, 0.3) is 11.0 Å². The molecule has 18 heavy (non-hydrogen) atoms. The lowest BCUT2D eigenvalue weighted by Gasteiger charge is -2.05. The van der Waals surface area contributed by atoms with Gasteiger partial charge in [0, 0.05) is 11.1 Å². The standard InChI is InChI=1S/C12H9ClFN3S/c13-4-12-16-10-2-1-8(14)3-11(10)17(12)6-9-5-15-7-18-9/h1-3,5,7H,4,6H2. The third-order valence-electron chi connectivity index (χ3n) is 2.71. The van der Waals surface area contributed by atoms with Crippen LogP contribution in [0.15, 0.2) is 29.9 Å². The van der Waals surface area contributed by atoms with E-state index in [-0.39, 0.29) is 5.82 Å². The maximum absolute atomic E-state index is 13.3. The highest BCUT2D eigenvalue weighted by Crippen LogP contribution is 2.21. The number of fused-ring (bicyclic) bond motifs is 1. The molecule has 3 rings (SSSR count). The average molecular weight is 282 g/mol. The SMILES string of the molecule is Fc1ccc2nc(CCl)n(Cc3cncs3)c2c1. The first-order valence-electron chi connectivity index (χ1n) is 5.36. The van der Waals surface area contributed by atoms with Crippen LogP contribution < -0.4 is 0 Å². The molecule has 0 amide bonds. The first-order chi connectivity index (χ1) is 8.78. The van der Waals surface area contributed by atoms with Crippen LogP contribution in [-0.4, -0.2) is 14.5 Å². The van der Waals surface area contributed by atoms with Gasteiger partial charge in [-0.1, -0.05) is 0 Å². The summed E-state index contributed by atoms with van der Waals surface area (Å²) < 4.78 is 15.3. The van der Waals surface area contributed by atoms with Gasteiger partial charge in [-0.25, -0.2) is 9.37 Å². The maximum atomic E-state index is 13.3. The molecule has 0 aliphatic rings. The molecule has 0 N–H and O–H groups in total. The van der Waals surface area contributed by atoms with Crippen LogP contribution >= 0.6 is 22.9 Å². The van der Waals surface area contributed by atoms with Crippen molar-refractivity contribution in [3.63, 3.8) is 0 Å². The van der Waals surface area contributed by atoms with Gasteiger partial charge < -0.3 is 4.57 Å². The van der Waals surface area contributed by atoms with Gasteiger partial charge >= 0.3 is 0 Å².